The number of hydrogen-bond acceptors (Lipinski definition) is 4. The number of rotatable bonds is 6. The largest absolute Gasteiger partial charge is 0.394 e. The molecule has 5 heteroatoms. The Labute approximate surface area is 111 Å². The summed E-state index contributed by atoms with van der Waals surface area (Å²) >= 11 is 1.73. The first kappa shape index (κ1) is 13.0. The first-order valence-corrected chi connectivity index (χ1v) is 7.05. The van der Waals surface area contributed by atoms with E-state index >= 15 is 0 Å². The summed E-state index contributed by atoms with van der Waals surface area (Å²) in [5, 5.41) is 16.4. The highest BCUT2D eigenvalue weighted by Gasteiger charge is 2.01. The van der Waals surface area contributed by atoms with Gasteiger partial charge in [-0.15, -0.1) is 11.8 Å². The maximum Gasteiger partial charge on any atom is 0.0640 e. The van der Waals surface area contributed by atoms with E-state index in [0.717, 1.165) is 17.8 Å². The van der Waals surface area contributed by atoms with Crippen LogP contribution < -0.4 is 5.32 Å². The third kappa shape index (κ3) is 3.27. The van der Waals surface area contributed by atoms with Crippen LogP contribution in [0, 0.1) is 0 Å². The average Bonchev–Trinajstić information content (AvgIpc) is 2.85. The molecule has 0 saturated carbocycles. The lowest BCUT2D eigenvalue weighted by Gasteiger charge is -2.08. The molecule has 96 valence electrons. The van der Waals surface area contributed by atoms with Crippen molar-refractivity contribution < 1.29 is 5.11 Å². The summed E-state index contributed by atoms with van der Waals surface area (Å²) in [4.78, 5) is 1.24. The average molecular weight is 263 g/mol. The Hall–Kier alpha value is -1.46. The molecule has 2 rings (SSSR count). The molecule has 2 aromatic rings. The van der Waals surface area contributed by atoms with Crippen LogP contribution in [0.5, 0.6) is 0 Å². The van der Waals surface area contributed by atoms with Crippen LogP contribution in [0.4, 0.5) is 5.69 Å². The van der Waals surface area contributed by atoms with E-state index in [4.69, 9.17) is 5.11 Å². The molecule has 0 radical (unpaired) electrons. The van der Waals surface area contributed by atoms with Gasteiger partial charge in [-0.1, -0.05) is 12.1 Å². The van der Waals surface area contributed by atoms with Crippen LogP contribution in [-0.4, -0.2) is 27.7 Å². The highest BCUT2D eigenvalue weighted by Crippen LogP contribution is 2.24. The topological polar surface area (TPSA) is 50.1 Å². The first-order valence-electron chi connectivity index (χ1n) is 5.82. The summed E-state index contributed by atoms with van der Waals surface area (Å²) in [6, 6.07) is 8.24. The molecule has 0 bridgehead atoms. The lowest BCUT2D eigenvalue weighted by atomic mass is 10.3. The number of nitrogens with zero attached hydrogens (tertiary/aromatic N) is 2. The summed E-state index contributed by atoms with van der Waals surface area (Å²) in [6.45, 7) is 1.40. The first-order chi connectivity index (χ1) is 8.83. The number of benzene rings is 1. The second kappa shape index (κ2) is 6.47. The summed E-state index contributed by atoms with van der Waals surface area (Å²) in [5.41, 5.74) is 2.25. The lowest BCUT2D eigenvalue weighted by molar-refractivity contribution is 0.269. The van der Waals surface area contributed by atoms with Crippen molar-refractivity contribution in [2.24, 2.45) is 0 Å². The number of aromatic nitrogens is 2. The Morgan fingerprint density at radius 2 is 2.22 bits per heavy atom. The van der Waals surface area contributed by atoms with Crippen molar-refractivity contribution in [2.75, 3.05) is 18.2 Å². The number of anilines is 1. The van der Waals surface area contributed by atoms with E-state index in [0.29, 0.717) is 6.54 Å². The van der Waals surface area contributed by atoms with Crippen LogP contribution in [0.3, 0.4) is 0 Å². The Balaban J connectivity index is 1.97. The monoisotopic (exact) mass is 263 g/mol. The molecule has 0 aliphatic carbocycles. The van der Waals surface area contributed by atoms with Gasteiger partial charge in [0.25, 0.3) is 0 Å². The molecule has 1 aromatic heterocycles. The SMILES string of the molecule is CSc1ccccc1NCc1cnn(CCO)c1. The van der Waals surface area contributed by atoms with E-state index in [1.54, 1.807) is 16.4 Å². The predicted octanol–water partition coefficient (Wildman–Crippen LogP) is 2.21. The molecular weight excluding hydrogens is 246 g/mol. The molecule has 2 N–H and O–H groups in total. The number of nitrogens with one attached hydrogen (secondary N) is 1. The van der Waals surface area contributed by atoms with E-state index in [9.17, 15) is 0 Å². The van der Waals surface area contributed by atoms with Crippen molar-refractivity contribution in [1.29, 1.82) is 0 Å². The molecule has 0 saturated heterocycles. The molecule has 0 atom stereocenters. The van der Waals surface area contributed by atoms with Gasteiger partial charge in [0.15, 0.2) is 0 Å². The minimum absolute atomic E-state index is 0.115. The lowest BCUT2D eigenvalue weighted by Crippen LogP contribution is -2.02. The Morgan fingerprint density at radius 1 is 1.39 bits per heavy atom. The van der Waals surface area contributed by atoms with Crippen LogP contribution in [0.1, 0.15) is 5.56 Å². The van der Waals surface area contributed by atoms with Crippen molar-refractivity contribution in [3.8, 4) is 0 Å². The minimum atomic E-state index is 0.115. The molecule has 0 amide bonds. The van der Waals surface area contributed by atoms with Crippen molar-refractivity contribution in [2.45, 2.75) is 18.0 Å². The van der Waals surface area contributed by atoms with Gasteiger partial charge in [0.05, 0.1) is 19.3 Å². The summed E-state index contributed by atoms with van der Waals surface area (Å²) in [7, 11) is 0. The van der Waals surface area contributed by atoms with Crippen LogP contribution in [0.25, 0.3) is 0 Å². The van der Waals surface area contributed by atoms with Crippen molar-refractivity contribution in [1.82, 2.24) is 9.78 Å². The summed E-state index contributed by atoms with van der Waals surface area (Å²) < 4.78 is 1.75. The van der Waals surface area contributed by atoms with Gasteiger partial charge in [0.2, 0.25) is 0 Å². The third-order valence-corrected chi connectivity index (χ3v) is 3.40. The zero-order valence-electron chi connectivity index (χ0n) is 10.3. The van der Waals surface area contributed by atoms with Crippen LogP contribution >= 0.6 is 11.8 Å². The Morgan fingerprint density at radius 3 is 3.00 bits per heavy atom. The normalized spacial score (nSPS) is 10.6. The van der Waals surface area contributed by atoms with E-state index in [1.807, 2.05) is 24.5 Å². The van der Waals surface area contributed by atoms with Gasteiger partial charge in [-0.05, 0) is 18.4 Å². The maximum atomic E-state index is 8.83. The van der Waals surface area contributed by atoms with Crippen LogP contribution in [-0.2, 0) is 13.1 Å². The molecular formula is C13H17N3OS. The standard InChI is InChI=1S/C13H17N3OS/c1-18-13-5-3-2-4-12(13)14-8-11-9-15-16(10-11)6-7-17/h2-5,9-10,14,17H,6-8H2,1H3. The second-order valence-electron chi connectivity index (χ2n) is 3.89. The minimum Gasteiger partial charge on any atom is -0.394 e. The predicted molar refractivity (Wildman–Crippen MR) is 74.9 cm³/mol. The zero-order valence-corrected chi connectivity index (χ0v) is 11.2. The van der Waals surface area contributed by atoms with Crippen molar-refractivity contribution in [3.63, 3.8) is 0 Å². The van der Waals surface area contributed by atoms with Gasteiger partial charge < -0.3 is 10.4 Å². The summed E-state index contributed by atoms with van der Waals surface area (Å²) in [5.74, 6) is 0. The molecule has 4 nitrogen and oxygen atoms in total. The van der Waals surface area contributed by atoms with E-state index in [-0.39, 0.29) is 6.61 Å². The fraction of sp³-hybridized carbons (Fsp3) is 0.308. The molecule has 0 spiro atoms. The quantitative estimate of drug-likeness (QED) is 0.785. The van der Waals surface area contributed by atoms with E-state index in [2.05, 4.69) is 28.8 Å². The molecule has 18 heavy (non-hydrogen) atoms. The second-order valence-corrected chi connectivity index (χ2v) is 4.74. The summed E-state index contributed by atoms with van der Waals surface area (Å²) in [6.07, 6.45) is 5.84. The van der Waals surface area contributed by atoms with Gasteiger partial charge in [0.1, 0.15) is 0 Å². The number of aliphatic hydroxyl groups excluding tert-OH is 1. The molecule has 0 aliphatic heterocycles. The zero-order chi connectivity index (χ0) is 12.8. The molecule has 1 heterocycles. The van der Waals surface area contributed by atoms with Gasteiger partial charge in [-0.2, -0.15) is 5.10 Å². The number of hydrogen-bond donors (Lipinski definition) is 2. The maximum absolute atomic E-state index is 8.83. The van der Waals surface area contributed by atoms with E-state index in [1.165, 1.54) is 4.90 Å². The smallest absolute Gasteiger partial charge is 0.0640 e. The van der Waals surface area contributed by atoms with Gasteiger partial charge >= 0.3 is 0 Å². The fourth-order valence-electron chi connectivity index (χ4n) is 1.71. The Kier molecular flexibility index (Phi) is 4.66. The molecule has 1 aromatic carbocycles. The highest BCUT2D eigenvalue weighted by molar-refractivity contribution is 7.98. The molecule has 0 fully saturated rings. The van der Waals surface area contributed by atoms with Gasteiger partial charge in [-0.3, -0.25) is 4.68 Å². The van der Waals surface area contributed by atoms with Crippen molar-refractivity contribution >= 4 is 17.4 Å². The molecule has 0 unspecified atom stereocenters. The van der Waals surface area contributed by atoms with Crippen LogP contribution in [0.15, 0.2) is 41.6 Å². The van der Waals surface area contributed by atoms with Crippen LogP contribution in [0.2, 0.25) is 0 Å². The fourth-order valence-corrected chi connectivity index (χ4v) is 2.29. The number of thioether (sulfide) groups is 1. The number of aliphatic hydroxyl groups is 1. The van der Waals surface area contributed by atoms with Gasteiger partial charge in [-0.25, -0.2) is 0 Å². The number of para-hydroxylation sites is 1. The molecule has 0 aliphatic rings. The highest BCUT2D eigenvalue weighted by atomic mass is 32.2. The van der Waals surface area contributed by atoms with Gasteiger partial charge in [0, 0.05) is 28.9 Å². The van der Waals surface area contributed by atoms with Crippen molar-refractivity contribution in [3.05, 3.63) is 42.2 Å². The Bertz CT molecular complexity index is 498. The third-order valence-electron chi connectivity index (χ3n) is 2.61. The van der Waals surface area contributed by atoms with E-state index < -0.39 is 0 Å².